The Morgan fingerprint density at radius 1 is 0.700 bits per heavy atom. The average molecular weight is 427 g/mol. The number of allylic oxidation sites excluding steroid dienone is 2. The molecule has 0 rings (SSSR count). The van der Waals surface area contributed by atoms with Crippen LogP contribution in [-0.4, -0.2) is 52.3 Å². The van der Waals surface area contributed by atoms with Gasteiger partial charge in [-0.1, -0.05) is 50.0 Å². The van der Waals surface area contributed by atoms with E-state index in [-0.39, 0.29) is 11.9 Å². The van der Waals surface area contributed by atoms with E-state index in [2.05, 4.69) is 37.5 Å². The van der Waals surface area contributed by atoms with Crippen molar-refractivity contribution in [3.05, 3.63) is 23.3 Å². The molecule has 0 aromatic carbocycles. The summed E-state index contributed by atoms with van der Waals surface area (Å²) in [5, 5.41) is 5.79. The molecule has 0 radical (unpaired) electrons. The Morgan fingerprint density at radius 2 is 1.20 bits per heavy atom. The highest BCUT2D eigenvalue weighted by molar-refractivity contribution is 5.69. The molecule has 0 amide bonds. The Kier molecular flexibility index (Phi) is 24.0. The highest BCUT2D eigenvalue weighted by atomic mass is 16.5. The number of carbonyl (C=O) groups is 2. The quantitative estimate of drug-likeness (QED) is 0.214. The maximum Gasteiger partial charge on any atom is 0.307 e. The van der Waals surface area contributed by atoms with Gasteiger partial charge in [0.1, 0.15) is 0 Å². The van der Waals surface area contributed by atoms with Gasteiger partial charge in [0, 0.05) is 19.5 Å². The van der Waals surface area contributed by atoms with Crippen LogP contribution in [0.3, 0.4) is 0 Å². The zero-order chi connectivity index (χ0) is 23.0. The summed E-state index contributed by atoms with van der Waals surface area (Å²) in [5.41, 5.74) is 2.68. The lowest BCUT2D eigenvalue weighted by Gasteiger charge is -2.06. The monoisotopic (exact) mass is 426 g/mol. The van der Waals surface area contributed by atoms with Crippen molar-refractivity contribution < 1.29 is 19.1 Å². The Bertz CT molecular complexity index is 488. The molecule has 0 heterocycles. The van der Waals surface area contributed by atoms with Gasteiger partial charge in [0.05, 0.1) is 26.1 Å². The molecule has 0 unspecified atom stereocenters. The molecule has 0 saturated carbocycles. The van der Waals surface area contributed by atoms with Crippen LogP contribution in [0.1, 0.15) is 79.1 Å². The van der Waals surface area contributed by atoms with E-state index < -0.39 is 0 Å². The minimum atomic E-state index is -0.186. The van der Waals surface area contributed by atoms with Gasteiger partial charge in [-0.25, -0.2) is 0 Å². The minimum Gasteiger partial charge on any atom is -0.465 e. The molecule has 0 aromatic rings. The summed E-state index contributed by atoms with van der Waals surface area (Å²) in [6, 6.07) is 0. The highest BCUT2D eigenvalue weighted by Gasteiger charge is 2.02. The first-order valence-corrected chi connectivity index (χ1v) is 11.3. The maximum atomic E-state index is 11.3. The molecule has 0 fully saturated rings. The van der Waals surface area contributed by atoms with E-state index >= 15 is 0 Å². The molecule has 0 aliphatic heterocycles. The normalized spacial score (nSPS) is 11.5. The van der Waals surface area contributed by atoms with Crippen molar-refractivity contribution in [3.8, 4) is 0 Å². The van der Waals surface area contributed by atoms with Crippen LogP contribution < -0.4 is 10.6 Å². The second kappa shape index (κ2) is 23.6. The molecule has 0 saturated heterocycles. The molecule has 0 aromatic heterocycles. The van der Waals surface area contributed by atoms with Crippen LogP contribution in [0.4, 0.5) is 0 Å². The zero-order valence-electron chi connectivity index (χ0n) is 20.3. The first-order valence-electron chi connectivity index (χ1n) is 11.3. The molecule has 30 heavy (non-hydrogen) atoms. The van der Waals surface area contributed by atoms with Crippen LogP contribution in [0.25, 0.3) is 0 Å². The predicted octanol–water partition coefficient (Wildman–Crippen LogP) is 4.55. The molecule has 6 nitrogen and oxygen atoms in total. The molecule has 0 bridgehead atoms. The number of esters is 2. The molecule has 0 aliphatic rings. The van der Waals surface area contributed by atoms with Gasteiger partial charge in [0.15, 0.2) is 0 Å². The van der Waals surface area contributed by atoms with Crippen molar-refractivity contribution in [1.29, 1.82) is 0 Å². The Hall–Kier alpha value is -1.66. The van der Waals surface area contributed by atoms with Crippen LogP contribution in [0.15, 0.2) is 23.3 Å². The smallest absolute Gasteiger partial charge is 0.307 e. The summed E-state index contributed by atoms with van der Waals surface area (Å²) in [5.74, 6) is -0.371. The van der Waals surface area contributed by atoms with Crippen LogP contribution in [0.2, 0.25) is 0 Å². The van der Waals surface area contributed by atoms with E-state index in [4.69, 9.17) is 9.47 Å². The average Bonchev–Trinajstić information content (AvgIpc) is 2.73. The van der Waals surface area contributed by atoms with E-state index in [1.807, 2.05) is 13.0 Å². The van der Waals surface area contributed by atoms with Gasteiger partial charge in [0.25, 0.3) is 0 Å². The number of ether oxygens (including phenoxy) is 2. The number of hydrogen-bond donors (Lipinski definition) is 2. The SMILES string of the molecule is CCC/C=C(/C)CCC.CNCCC(=O)OCC/C=C(/C)CCOC(=O)CCNC. The maximum absolute atomic E-state index is 11.3. The van der Waals surface area contributed by atoms with Crippen LogP contribution in [0, 0.1) is 0 Å². The third kappa shape index (κ3) is 24.4. The molecular formula is C24H46N2O4. The van der Waals surface area contributed by atoms with Crippen molar-refractivity contribution in [2.24, 2.45) is 0 Å². The van der Waals surface area contributed by atoms with E-state index in [0.29, 0.717) is 52.0 Å². The van der Waals surface area contributed by atoms with Crippen LogP contribution in [-0.2, 0) is 19.1 Å². The molecule has 6 heteroatoms. The van der Waals surface area contributed by atoms with E-state index in [1.54, 1.807) is 19.7 Å². The number of hydrogen-bond acceptors (Lipinski definition) is 6. The fourth-order valence-electron chi connectivity index (χ4n) is 2.39. The summed E-state index contributed by atoms with van der Waals surface area (Å²) in [7, 11) is 3.59. The predicted molar refractivity (Wildman–Crippen MR) is 126 cm³/mol. The van der Waals surface area contributed by atoms with Gasteiger partial charge in [-0.3, -0.25) is 9.59 Å². The second-order valence-corrected chi connectivity index (χ2v) is 7.33. The van der Waals surface area contributed by atoms with E-state index in [1.165, 1.54) is 25.7 Å². The summed E-state index contributed by atoms with van der Waals surface area (Å²) in [4.78, 5) is 22.5. The summed E-state index contributed by atoms with van der Waals surface area (Å²) < 4.78 is 10.2. The first kappa shape index (κ1) is 30.5. The van der Waals surface area contributed by atoms with Gasteiger partial charge in [-0.05, 0) is 47.2 Å². The molecule has 176 valence electrons. The van der Waals surface area contributed by atoms with Crippen LogP contribution >= 0.6 is 0 Å². The number of nitrogens with one attached hydrogen (secondary N) is 2. The Morgan fingerprint density at radius 3 is 1.70 bits per heavy atom. The summed E-state index contributed by atoms with van der Waals surface area (Å²) in [6.45, 7) is 10.7. The molecule has 0 aliphatic carbocycles. The molecule has 2 N–H and O–H groups in total. The third-order valence-electron chi connectivity index (χ3n) is 4.22. The Balaban J connectivity index is 0. The Labute approximate surface area is 184 Å². The van der Waals surface area contributed by atoms with Crippen molar-refractivity contribution in [2.75, 3.05) is 40.4 Å². The molecule has 0 spiro atoms. The number of unbranched alkanes of at least 4 members (excludes halogenated alkanes) is 1. The lowest BCUT2D eigenvalue weighted by molar-refractivity contribution is -0.144. The standard InChI is InChI=1S/C15H28N2O4.C9H18/c1-13(8-12-21-15(19)7-10-17-3)5-4-11-20-14(18)6-9-16-2;1-4-6-8-9(3)7-5-2/h5,16-17H,4,6-12H2,1-3H3;8H,4-7H2,1-3H3/b13-5-;9-8-. The largest absolute Gasteiger partial charge is 0.465 e. The lowest BCUT2D eigenvalue weighted by atomic mass is 10.1. The van der Waals surface area contributed by atoms with Crippen molar-refractivity contribution in [1.82, 2.24) is 10.6 Å². The van der Waals surface area contributed by atoms with Gasteiger partial charge in [0.2, 0.25) is 0 Å². The van der Waals surface area contributed by atoms with Gasteiger partial charge >= 0.3 is 11.9 Å². The lowest BCUT2D eigenvalue weighted by Crippen LogP contribution is -2.15. The first-order chi connectivity index (χ1) is 14.4. The van der Waals surface area contributed by atoms with Crippen molar-refractivity contribution in [3.63, 3.8) is 0 Å². The van der Waals surface area contributed by atoms with Crippen molar-refractivity contribution in [2.45, 2.75) is 79.1 Å². The van der Waals surface area contributed by atoms with Gasteiger partial charge < -0.3 is 20.1 Å². The zero-order valence-corrected chi connectivity index (χ0v) is 20.3. The molecular weight excluding hydrogens is 380 g/mol. The third-order valence-corrected chi connectivity index (χ3v) is 4.22. The van der Waals surface area contributed by atoms with E-state index in [9.17, 15) is 9.59 Å². The second-order valence-electron chi connectivity index (χ2n) is 7.33. The van der Waals surface area contributed by atoms with E-state index in [0.717, 1.165) is 5.57 Å². The summed E-state index contributed by atoms with van der Waals surface area (Å²) in [6.07, 6.45) is 11.6. The summed E-state index contributed by atoms with van der Waals surface area (Å²) >= 11 is 0. The van der Waals surface area contributed by atoms with Gasteiger partial charge in [-0.15, -0.1) is 0 Å². The number of rotatable bonds is 16. The topological polar surface area (TPSA) is 76.7 Å². The molecule has 0 atom stereocenters. The van der Waals surface area contributed by atoms with Crippen molar-refractivity contribution >= 4 is 11.9 Å². The number of carbonyl (C=O) groups excluding carboxylic acids is 2. The van der Waals surface area contributed by atoms with Crippen LogP contribution in [0.5, 0.6) is 0 Å². The highest BCUT2D eigenvalue weighted by Crippen LogP contribution is 2.05. The fourth-order valence-corrected chi connectivity index (χ4v) is 2.39. The van der Waals surface area contributed by atoms with Gasteiger partial charge in [-0.2, -0.15) is 0 Å². The minimum absolute atomic E-state index is 0.185. The fraction of sp³-hybridized carbons (Fsp3) is 0.750.